The molecule has 1 aliphatic rings. The average molecular weight is 502 g/mol. The first-order valence-electron chi connectivity index (χ1n) is 10.7. The normalized spacial score (nSPS) is 14.7. The highest BCUT2D eigenvalue weighted by Gasteiger charge is 2.29. The fourth-order valence-electron chi connectivity index (χ4n) is 3.78. The fourth-order valence-corrected chi connectivity index (χ4v) is 4.14. The number of ketones is 1. The monoisotopic (exact) mass is 501 g/mol. The van der Waals surface area contributed by atoms with E-state index in [4.69, 9.17) is 32.7 Å². The zero-order valence-corrected chi connectivity index (χ0v) is 19.5. The van der Waals surface area contributed by atoms with Crippen LogP contribution < -0.4 is 15.0 Å². The number of nitrogens with zero attached hydrogens (tertiary/aromatic N) is 1. The SMILES string of the molecule is O=C(CCCn1ccc(Cl)cc1=O)c1ccc(Oc2cc3c(cc2Cl)C(C(=O)O)CCO3)cc1. The Morgan fingerprint density at radius 2 is 1.88 bits per heavy atom. The van der Waals surface area contributed by atoms with Crippen LogP contribution in [-0.2, 0) is 11.3 Å². The molecule has 2 heterocycles. The lowest BCUT2D eigenvalue weighted by molar-refractivity contribution is -0.139. The molecule has 0 amide bonds. The van der Waals surface area contributed by atoms with E-state index >= 15 is 0 Å². The van der Waals surface area contributed by atoms with Crippen molar-refractivity contribution in [3.63, 3.8) is 0 Å². The summed E-state index contributed by atoms with van der Waals surface area (Å²) in [6, 6.07) is 12.8. The third kappa shape index (κ3) is 5.43. The van der Waals surface area contributed by atoms with Gasteiger partial charge in [-0.1, -0.05) is 23.2 Å². The molecule has 0 saturated heterocycles. The van der Waals surface area contributed by atoms with Crippen LogP contribution in [0.15, 0.2) is 59.5 Å². The number of Topliss-reactive ketones (excluding diaryl/α,β-unsaturated/α-hetero) is 1. The summed E-state index contributed by atoms with van der Waals surface area (Å²) in [5.74, 6) is -0.400. The van der Waals surface area contributed by atoms with E-state index in [2.05, 4.69) is 0 Å². The number of aryl methyl sites for hydroxylation is 1. The van der Waals surface area contributed by atoms with Crippen LogP contribution in [0.25, 0.3) is 0 Å². The number of carboxylic acids is 1. The summed E-state index contributed by atoms with van der Waals surface area (Å²) in [5, 5.41) is 10.1. The Balaban J connectivity index is 1.38. The van der Waals surface area contributed by atoms with Crippen molar-refractivity contribution in [2.45, 2.75) is 31.7 Å². The minimum absolute atomic E-state index is 0.0477. The van der Waals surface area contributed by atoms with Gasteiger partial charge in [-0.2, -0.15) is 0 Å². The first-order chi connectivity index (χ1) is 16.3. The van der Waals surface area contributed by atoms with Crippen molar-refractivity contribution in [3.8, 4) is 17.2 Å². The van der Waals surface area contributed by atoms with Crippen LogP contribution in [0.1, 0.15) is 41.1 Å². The number of carbonyl (C=O) groups is 2. The van der Waals surface area contributed by atoms with Crippen LogP contribution in [0.2, 0.25) is 10.0 Å². The quantitative estimate of drug-likeness (QED) is 0.406. The Morgan fingerprint density at radius 3 is 2.59 bits per heavy atom. The Labute approximate surface area is 205 Å². The topological polar surface area (TPSA) is 94.8 Å². The summed E-state index contributed by atoms with van der Waals surface area (Å²) >= 11 is 12.1. The van der Waals surface area contributed by atoms with Gasteiger partial charge in [0.1, 0.15) is 17.2 Å². The number of hydrogen-bond donors (Lipinski definition) is 1. The largest absolute Gasteiger partial charge is 0.493 e. The van der Waals surface area contributed by atoms with Gasteiger partial charge in [-0.3, -0.25) is 14.4 Å². The molecule has 0 saturated carbocycles. The molecule has 9 heteroatoms. The van der Waals surface area contributed by atoms with Crippen LogP contribution in [0.4, 0.5) is 0 Å². The van der Waals surface area contributed by atoms with Gasteiger partial charge in [0.15, 0.2) is 5.78 Å². The smallest absolute Gasteiger partial charge is 0.311 e. The first kappa shape index (κ1) is 23.9. The molecule has 34 heavy (non-hydrogen) atoms. The molecule has 1 atom stereocenters. The highest BCUT2D eigenvalue weighted by Crippen LogP contribution is 2.41. The molecular formula is C25H21Cl2NO6. The van der Waals surface area contributed by atoms with E-state index in [1.807, 2.05) is 0 Å². The maximum Gasteiger partial charge on any atom is 0.311 e. The summed E-state index contributed by atoms with van der Waals surface area (Å²) in [7, 11) is 0. The van der Waals surface area contributed by atoms with Gasteiger partial charge < -0.3 is 19.1 Å². The van der Waals surface area contributed by atoms with E-state index in [1.165, 1.54) is 10.6 Å². The van der Waals surface area contributed by atoms with E-state index in [-0.39, 0.29) is 22.8 Å². The number of aromatic nitrogens is 1. The zero-order valence-electron chi connectivity index (χ0n) is 18.0. The van der Waals surface area contributed by atoms with Crippen molar-refractivity contribution in [2.24, 2.45) is 0 Å². The number of halogens is 2. The summed E-state index contributed by atoms with van der Waals surface area (Å²) in [4.78, 5) is 35.8. The lowest BCUT2D eigenvalue weighted by Crippen LogP contribution is -2.20. The van der Waals surface area contributed by atoms with Gasteiger partial charge in [0, 0.05) is 47.4 Å². The molecule has 0 radical (unpaired) electrons. The summed E-state index contributed by atoms with van der Waals surface area (Å²) < 4.78 is 13.0. The molecule has 1 N–H and O–H groups in total. The molecule has 2 aromatic carbocycles. The van der Waals surface area contributed by atoms with Crippen LogP contribution in [0.5, 0.6) is 17.2 Å². The van der Waals surface area contributed by atoms with E-state index in [9.17, 15) is 19.5 Å². The second-order valence-corrected chi connectivity index (χ2v) is 8.72. The summed E-state index contributed by atoms with van der Waals surface area (Å²) in [6.07, 6.45) is 2.79. The molecule has 0 bridgehead atoms. The summed E-state index contributed by atoms with van der Waals surface area (Å²) in [6.45, 7) is 0.721. The fraction of sp³-hybridized carbons (Fsp3) is 0.240. The second-order valence-electron chi connectivity index (χ2n) is 7.88. The van der Waals surface area contributed by atoms with Crippen molar-refractivity contribution in [3.05, 3.63) is 86.3 Å². The Hall–Kier alpha value is -3.29. The number of rotatable bonds is 8. The Morgan fingerprint density at radius 1 is 1.12 bits per heavy atom. The molecule has 0 fully saturated rings. The Kier molecular flexibility index (Phi) is 7.24. The van der Waals surface area contributed by atoms with E-state index in [0.29, 0.717) is 59.4 Å². The van der Waals surface area contributed by atoms with Gasteiger partial charge in [0.25, 0.3) is 5.56 Å². The van der Waals surface area contributed by atoms with Crippen molar-refractivity contribution >= 4 is 35.0 Å². The van der Waals surface area contributed by atoms with Crippen LogP contribution in [0, 0.1) is 0 Å². The number of pyridine rings is 1. The maximum atomic E-state index is 12.5. The number of carbonyl (C=O) groups excluding carboxylic acids is 1. The van der Waals surface area contributed by atoms with Crippen LogP contribution in [-0.4, -0.2) is 28.0 Å². The third-order valence-electron chi connectivity index (χ3n) is 5.57. The van der Waals surface area contributed by atoms with E-state index in [0.717, 1.165) is 0 Å². The van der Waals surface area contributed by atoms with Gasteiger partial charge in [0.05, 0.1) is 17.5 Å². The van der Waals surface area contributed by atoms with Gasteiger partial charge in [-0.25, -0.2) is 0 Å². The molecule has 3 aromatic rings. The number of carboxylic acid groups (broad SMARTS) is 1. The second kappa shape index (κ2) is 10.3. The predicted octanol–water partition coefficient (Wildman–Crippen LogP) is 5.56. The highest BCUT2D eigenvalue weighted by molar-refractivity contribution is 6.32. The van der Waals surface area contributed by atoms with Crippen LogP contribution >= 0.6 is 23.2 Å². The number of benzene rings is 2. The van der Waals surface area contributed by atoms with Crippen molar-refractivity contribution < 1.29 is 24.2 Å². The minimum Gasteiger partial charge on any atom is -0.493 e. The zero-order chi connectivity index (χ0) is 24.2. The number of aliphatic carboxylic acids is 1. The molecule has 0 aliphatic carbocycles. The molecule has 0 spiro atoms. The lowest BCUT2D eigenvalue weighted by atomic mass is 9.93. The molecule has 1 aromatic heterocycles. The van der Waals surface area contributed by atoms with Crippen LogP contribution in [0.3, 0.4) is 0 Å². The number of ether oxygens (including phenoxy) is 2. The summed E-state index contributed by atoms with van der Waals surface area (Å²) in [5.41, 5.74) is 0.851. The molecular weight excluding hydrogens is 481 g/mol. The standard InChI is InChI=1S/C25H21Cl2NO6/c26-16-7-10-28(24(30)12-16)9-1-2-21(29)15-3-5-17(6-4-15)34-23-14-22-19(13-20(23)27)18(25(31)32)8-11-33-22/h3-7,10,12-14,18H,1-2,8-9,11H2,(H,31,32). The van der Waals surface area contributed by atoms with Gasteiger partial charge in [-0.05, 0) is 49.2 Å². The minimum atomic E-state index is -0.922. The first-order valence-corrected chi connectivity index (χ1v) is 11.4. The Bertz CT molecular complexity index is 1290. The lowest BCUT2D eigenvalue weighted by Gasteiger charge is -2.24. The van der Waals surface area contributed by atoms with Crippen molar-refractivity contribution in [2.75, 3.05) is 6.61 Å². The predicted molar refractivity (Wildman–Crippen MR) is 128 cm³/mol. The molecule has 1 aliphatic heterocycles. The van der Waals surface area contributed by atoms with E-state index in [1.54, 1.807) is 48.7 Å². The third-order valence-corrected chi connectivity index (χ3v) is 6.10. The van der Waals surface area contributed by atoms with Gasteiger partial charge >= 0.3 is 5.97 Å². The molecule has 4 rings (SSSR count). The van der Waals surface area contributed by atoms with E-state index < -0.39 is 11.9 Å². The molecule has 1 unspecified atom stereocenters. The van der Waals surface area contributed by atoms with Gasteiger partial charge in [0.2, 0.25) is 0 Å². The maximum absolute atomic E-state index is 12.5. The molecule has 176 valence electrons. The van der Waals surface area contributed by atoms with Crippen molar-refractivity contribution in [1.82, 2.24) is 4.57 Å². The highest BCUT2D eigenvalue weighted by atomic mass is 35.5. The number of hydrogen-bond acceptors (Lipinski definition) is 5. The molecule has 7 nitrogen and oxygen atoms in total. The average Bonchev–Trinajstić information content (AvgIpc) is 2.81. The van der Waals surface area contributed by atoms with Crippen molar-refractivity contribution in [1.29, 1.82) is 0 Å². The number of fused-ring (bicyclic) bond motifs is 1. The van der Waals surface area contributed by atoms with Gasteiger partial charge in [-0.15, -0.1) is 0 Å².